The molecule has 0 aliphatic carbocycles. The van der Waals surface area contributed by atoms with E-state index in [1.807, 2.05) is 0 Å². The number of halogens is 5. The average Bonchev–Trinajstić information content (AvgIpc) is 3.01. The SMILES string of the molecule is CC(OC(=O)Cc1ccc(C(F)(F)F)cc1)c1nc2ccccc2n1C(F)F. The molecule has 28 heavy (non-hydrogen) atoms. The van der Waals surface area contributed by atoms with Gasteiger partial charge in [-0.05, 0) is 36.8 Å². The van der Waals surface area contributed by atoms with Crippen LogP contribution in [-0.2, 0) is 22.1 Å². The number of fused-ring (bicyclic) bond motifs is 1. The van der Waals surface area contributed by atoms with E-state index in [-0.39, 0.29) is 17.8 Å². The smallest absolute Gasteiger partial charge is 0.416 e. The van der Waals surface area contributed by atoms with Crippen molar-refractivity contribution in [3.05, 3.63) is 65.5 Å². The molecule has 0 bridgehead atoms. The molecule has 2 aromatic carbocycles. The fourth-order valence-electron chi connectivity index (χ4n) is 2.82. The highest BCUT2D eigenvalue weighted by Crippen LogP contribution is 2.30. The highest BCUT2D eigenvalue weighted by atomic mass is 19.4. The van der Waals surface area contributed by atoms with Crippen molar-refractivity contribution in [2.24, 2.45) is 0 Å². The fraction of sp³-hybridized carbons (Fsp3) is 0.263. The number of nitrogens with zero attached hydrogens (tertiary/aromatic N) is 2. The van der Waals surface area contributed by atoms with Crippen LogP contribution >= 0.6 is 0 Å². The Kier molecular flexibility index (Phi) is 5.35. The highest BCUT2D eigenvalue weighted by molar-refractivity contribution is 5.76. The summed E-state index contributed by atoms with van der Waals surface area (Å²) in [4.78, 5) is 16.2. The molecule has 0 N–H and O–H groups in total. The number of ether oxygens (including phenoxy) is 1. The quantitative estimate of drug-likeness (QED) is 0.433. The third-order valence-electron chi connectivity index (χ3n) is 4.12. The lowest BCUT2D eigenvalue weighted by Gasteiger charge is -2.15. The van der Waals surface area contributed by atoms with Gasteiger partial charge < -0.3 is 4.74 Å². The highest BCUT2D eigenvalue weighted by Gasteiger charge is 2.30. The van der Waals surface area contributed by atoms with E-state index < -0.39 is 30.4 Å². The molecule has 0 saturated heterocycles. The molecule has 0 radical (unpaired) electrons. The van der Waals surface area contributed by atoms with Gasteiger partial charge in [0.05, 0.1) is 23.0 Å². The second-order valence-electron chi connectivity index (χ2n) is 6.11. The minimum atomic E-state index is -4.47. The van der Waals surface area contributed by atoms with Crippen LogP contribution in [0.1, 0.15) is 36.5 Å². The molecule has 148 valence electrons. The third-order valence-corrected chi connectivity index (χ3v) is 4.12. The van der Waals surface area contributed by atoms with E-state index in [9.17, 15) is 26.7 Å². The lowest BCUT2D eigenvalue weighted by molar-refractivity contribution is -0.148. The van der Waals surface area contributed by atoms with Crippen LogP contribution in [-0.4, -0.2) is 15.5 Å². The topological polar surface area (TPSA) is 44.1 Å². The van der Waals surface area contributed by atoms with Gasteiger partial charge in [0.1, 0.15) is 0 Å². The molecule has 3 rings (SSSR count). The van der Waals surface area contributed by atoms with Crippen molar-refractivity contribution in [2.75, 3.05) is 0 Å². The predicted molar refractivity (Wildman–Crippen MR) is 90.6 cm³/mol. The molecule has 0 aliphatic rings. The number of rotatable bonds is 5. The van der Waals surface area contributed by atoms with Crippen molar-refractivity contribution < 1.29 is 31.5 Å². The first-order valence-electron chi connectivity index (χ1n) is 8.27. The molecule has 1 atom stereocenters. The van der Waals surface area contributed by atoms with E-state index in [0.29, 0.717) is 15.6 Å². The first kappa shape index (κ1) is 19.8. The van der Waals surface area contributed by atoms with Crippen LogP contribution in [0.25, 0.3) is 11.0 Å². The Hall–Kier alpha value is -2.97. The van der Waals surface area contributed by atoms with Crippen LogP contribution in [0.3, 0.4) is 0 Å². The Bertz CT molecular complexity index is 980. The molecule has 4 nitrogen and oxygen atoms in total. The van der Waals surface area contributed by atoms with Gasteiger partial charge in [-0.25, -0.2) is 4.98 Å². The van der Waals surface area contributed by atoms with Gasteiger partial charge in [-0.2, -0.15) is 22.0 Å². The Morgan fingerprint density at radius 1 is 1.11 bits per heavy atom. The number of alkyl halides is 5. The first-order valence-corrected chi connectivity index (χ1v) is 8.27. The van der Waals surface area contributed by atoms with Crippen molar-refractivity contribution in [1.82, 2.24) is 9.55 Å². The van der Waals surface area contributed by atoms with Crippen LogP contribution in [0, 0.1) is 0 Å². The van der Waals surface area contributed by atoms with Crippen LogP contribution in [0.4, 0.5) is 22.0 Å². The zero-order chi connectivity index (χ0) is 20.5. The van der Waals surface area contributed by atoms with Crippen LogP contribution in [0.5, 0.6) is 0 Å². The predicted octanol–water partition coefficient (Wildman–Crippen LogP) is 5.30. The van der Waals surface area contributed by atoms with Crippen molar-refractivity contribution >= 4 is 17.0 Å². The van der Waals surface area contributed by atoms with Gasteiger partial charge in [0.25, 0.3) is 0 Å². The molecule has 0 amide bonds. The second-order valence-corrected chi connectivity index (χ2v) is 6.11. The van der Waals surface area contributed by atoms with Gasteiger partial charge in [0.2, 0.25) is 0 Å². The molecule has 1 heterocycles. The Labute approximate surface area is 156 Å². The largest absolute Gasteiger partial charge is 0.454 e. The lowest BCUT2D eigenvalue weighted by Crippen LogP contribution is -2.16. The summed E-state index contributed by atoms with van der Waals surface area (Å²) < 4.78 is 70.5. The van der Waals surface area contributed by atoms with Crippen LogP contribution in [0.15, 0.2) is 48.5 Å². The van der Waals surface area contributed by atoms with E-state index in [2.05, 4.69) is 4.98 Å². The summed E-state index contributed by atoms with van der Waals surface area (Å²) >= 11 is 0. The molecule has 0 aliphatic heterocycles. The lowest BCUT2D eigenvalue weighted by atomic mass is 10.1. The van der Waals surface area contributed by atoms with Gasteiger partial charge >= 0.3 is 18.7 Å². The molecule has 1 aromatic heterocycles. The Morgan fingerprint density at radius 3 is 2.36 bits per heavy atom. The number of hydrogen-bond donors (Lipinski definition) is 0. The number of para-hydroxylation sites is 2. The van der Waals surface area contributed by atoms with Gasteiger partial charge in [0, 0.05) is 0 Å². The minimum absolute atomic E-state index is 0.114. The summed E-state index contributed by atoms with van der Waals surface area (Å²) in [5.74, 6) is -0.878. The normalized spacial score (nSPS) is 13.1. The van der Waals surface area contributed by atoms with E-state index in [1.165, 1.54) is 25.1 Å². The molecule has 1 unspecified atom stereocenters. The maximum atomic E-state index is 13.5. The molecular formula is C19H15F5N2O2. The molecule has 0 saturated carbocycles. The summed E-state index contributed by atoms with van der Waals surface area (Å²) in [5, 5.41) is 0. The summed E-state index contributed by atoms with van der Waals surface area (Å²) in [6, 6.07) is 10.4. The number of hydrogen-bond acceptors (Lipinski definition) is 3. The number of carbonyl (C=O) groups excluding carboxylic acids is 1. The summed E-state index contributed by atoms with van der Waals surface area (Å²) in [6.45, 7) is -1.47. The molecular weight excluding hydrogens is 383 g/mol. The molecule has 0 spiro atoms. The standard InChI is InChI=1S/C19H15F5N2O2/c1-11(17-25-14-4-2-3-5-15(14)26(17)18(20)21)28-16(27)10-12-6-8-13(9-7-12)19(22,23)24/h2-9,11,18H,10H2,1H3. The zero-order valence-corrected chi connectivity index (χ0v) is 14.6. The van der Waals surface area contributed by atoms with Gasteiger partial charge in [-0.1, -0.05) is 24.3 Å². The zero-order valence-electron chi connectivity index (χ0n) is 14.6. The summed E-state index contributed by atoms with van der Waals surface area (Å²) in [6.07, 6.45) is -5.83. The Morgan fingerprint density at radius 2 is 1.75 bits per heavy atom. The number of benzene rings is 2. The molecule has 3 aromatic rings. The van der Waals surface area contributed by atoms with E-state index >= 15 is 0 Å². The van der Waals surface area contributed by atoms with Gasteiger partial charge in [-0.3, -0.25) is 9.36 Å². The van der Waals surface area contributed by atoms with Gasteiger partial charge in [0.15, 0.2) is 11.9 Å². The van der Waals surface area contributed by atoms with E-state index in [1.54, 1.807) is 18.2 Å². The number of esters is 1. The monoisotopic (exact) mass is 398 g/mol. The maximum absolute atomic E-state index is 13.5. The Balaban J connectivity index is 1.74. The van der Waals surface area contributed by atoms with Crippen LogP contribution < -0.4 is 0 Å². The molecule has 0 fully saturated rings. The summed E-state index contributed by atoms with van der Waals surface area (Å²) in [7, 11) is 0. The maximum Gasteiger partial charge on any atom is 0.416 e. The van der Waals surface area contributed by atoms with Crippen molar-refractivity contribution in [1.29, 1.82) is 0 Å². The number of carbonyl (C=O) groups is 1. The van der Waals surface area contributed by atoms with E-state index in [0.717, 1.165) is 12.1 Å². The van der Waals surface area contributed by atoms with Crippen molar-refractivity contribution in [2.45, 2.75) is 32.2 Å². The minimum Gasteiger partial charge on any atom is -0.454 e. The number of aromatic nitrogens is 2. The third kappa shape index (κ3) is 4.13. The fourth-order valence-corrected chi connectivity index (χ4v) is 2.82. The van der Waals surface area contributed by atoms with Crippen molar-refractivity contribution in [3.63, 3.8) is 0 Å². The second kappa shape index (κ2) is 7.57. The van der Waals surface area contributed by atoms with E-state index in [4.69, 9.17) is 4.74 Å². The summed E-state index contributed by atoms with van der Waals surface area (Å²) in [5.41, 5.74) is 0.0257. The van der Waals surface area contributed by atoms with Gasteiger partial charge in [-0.15, -0.1) is 0 Å². The molecule has 9 heteroatoms. The number of imidazole rings is 1. The average molecular weight is 398 g/mol. The van der Waals surface area contributed by atoms with Crippen molar-refractivity contribution in [3.8, 4) is 0 Å². The first-order chi connectivity index (χ1) is 13.2. The van der Waals surface area contributed by atoms with Crippen LogP contribution in [0.2, 0.25) is 0 Å².